The van der Waals surface area contributed by atoms with Crippen LogP contribution in [0, 0.1) is 11.8 Å². The van der Waals surface area contributed by atoms with Crippen LogP contribution in [0.1, 0.15) is 51.9 Å². The standard InChI is InChI=1S/C23H40ClF4N5O2/c1-2-31-9-11-32(12-10-31)22(34)33(18-7-5-17(24)6-8-18)14-16-4-3-15(13-19(16)25)20(29)35-21(30)23(26,27)28/h15-21H,2-14,29-30H2,1H3. The second-order valence-corrected chi connectivity index (χ2v) is 10.8. The van der Waals surface area contributed by atoms with Crippen LogP contribution in [0.2, 0.25) is 0 Å². The van der Waals surface area contributed by atoms with Crippen molar-refractivity contribution in [2.24, 2.45) is 23.3 Å². The molecule has 3 fully saturated rings. The number of alkyl halides is 5. The first-order valence-corrected chi connectivity index (χ1v) is 13.2. The van der Waals surface area contributed by atoms with Crippen molar-refractivity contribution in [3.8, 4) is 0 Å². The van der Waals surface area contributed by atoms with E-state index in [1.165, 1.54) is 0 Å². The molecule has 3 rings (SSSR count). The van der Waals surface area contributed by atoms with Gasteiger partial charge in [0.2, 0.25) is 6.23 Å². The third-order valence-electron chi connectivity index (χ3n) is 7.87. The number of nitrogens with two attached hydrogens (primary N) is 2. The van der Waals surface area contributed by atoms with Crippen LogP contribution in [0.4, 0.5) is 22.4 Å². The smallest absolute Gasteiger partial charge is 0.336 e. The molecule has 5 unspecified atom stereocenters. The lowest BCUT2D eigenvalue weighted by molar-refractivity contribution is -0.237. The maximum Gasteiger partial charge on any atom is 0.428 e. The van der Waals surface area contributed by atoms with Crippen LogP contribution in [-0.2, 0) is 4.74 Å². The number of ether oxygens (including phenoxy) is 1. The van der Waals surface area contributed by atoms with Crippen molar-refractivity contribution in [1.82, 2.24) is 14.7 Å². The SMILES string of the molecule is CCN1CCN(C(=O)N(CC2CCC(C(N)OC(N)C(F)(F)F)CC2F)C2CCC(Cl)CC2)CC1. The first-order valence-electron chi connectivity index (χ1n) is 12.8. The maximum absolute atomic E-state index is 15.3. The Morgan fingerprint density at radius 2 is 1.71 bits per heavy atom. The molecule has 35 heavy (non-hydrogen) atoms. The topological polar surface area (TPSA) is 88.1 Å². The summed E-state index contributed by atoms with van der Waals surface area (Å²) in [7, 11) is 0. The molecule has 2 amide bonds. The number of piperazine rings is 1. The molecule has 1 heterocycles. The molecule has 0 spiro atoms. The number of amides is 2. The highest BCUT2D eigenvalue weighted by Gasteiger charge is 2.43. The third kappa shape index (κ3) is 7.80. The minimum atomic E-state index is -4.73. The second-order valence-electron chi connectivity index (χ2n) is 10.2. The number of likely N-dealkylation sites (N-methyl/N-ethyl adjacent to an activating group) is 1. The molecule has 0 aromatic heterocycles. The fourth-order valence-electron chi connectivity index (χ4n) is 5.49. The number of carbonyl (C=O) groups excluding carboxylic acids is 1. The molecule has 12 heteroatoms. The summed E-state index contributed by atoms with van der Waals surface area (Å²) in [6, 6.07) is -0.0358. The van der Waals surface area contributed by atoms with Gasteiger partial charge in [-0.05, 0) is 51.5 Å². The minimum absolute atomic E-state index is 0.0119. The molecule has 0 bridgehead atoms. The van der Waals surface area contributed by atoms with Crippen LogP contribution in [0.15, 0.2) is 0 Å². The molecule has 3 aliphatic rings. The van der Waals surface area contributed by atoms with Crippen molar-refractivity contribution >= 4 is 17.6 Å². The first-order chi connectivity index (χ1) is 16.5. The average molecular weight is 530 g/mol. The number of rotatable bonds is 7. The molecule has 2 aliphatic carbocycles. The highest BCUT2D eigenvalue weighted by Crippen LogP contribution is 2.36. The van der Waals surface area contributed by atoms with E-state index in [0.29, 0.717) is 25.9 Å². The van der Waals surface area contributed by atoms with Crippen LogP contribution in [0.5, 0.6) is 0 Å². The zero-order chi connectivity index (χ0) is 25.8. The summed E-state index contributed by atoms with van der Waals surface area (Å²) in [5.74, 6) is -0.961. The van der Waals surface area contributed by atoms with E-state index in [2.05, 4.69) is 11.8 Å². The van der Waals surface area contributed by atoms with E-state index >= 15 is 4.39 Å². The van der Waals surface area contributed by atoms with Crippen LogP contribution in [0.25, 0.3) is 0 Å². The van der Waals surface area contributed by atoms with Gasteiger partial charge in [-0.25, -0.2) is 9.18 Å². The number of urea groups is 1. The first kappa shape index (κ1) is 28.7. The van der Waals surface area contributed by atoms with Crippen molar-refractivity contribution in [3.63, 3.8) is 0 Å². The lowest BCUT2D eigenvalue weighted by Gasteiger charge is -2.44. The quantitative estimate of drug-likeness (QED) is 0.299. The van der Waals surface area contributed by atoms with Gasteiger partial charge >= 0.3 is 12.2 Å². The van der Waals surface area contributed by atoms with E-state index in [0.717, 1.165) is 45.3 Å². The van der Waals surface area contributed by atoms with Crippen molar-refractivity contribution in [1.29, 1.82) is 0 Å². The van der Waals surface area contributed by atoms with E-state index in [1.807, 2.05) is 9.80 Å². The molecular formula is C23H40ClF4N5O2. The number of halogens is 5. The van der Waals surface area contributed by atoms with Gasteiger partial charge in [0.1, 0.15) is 12.4 Å². The molecule has 7 nitrogen and oxygen atoms in total. The van der Waals surface area contributed by atoms with Crippen molar-refractivity contribution in [2.75, 3.05) is 39.3 Å². The van der Waals surface area contributed by atoms with E-state index in [1.54, 1.807) is 0 Å². The number of hydrogen-bond acceptors (Lipinski definition) is 5. The van der Waals surface area contributed by atoms with Gasteiger partial charge in [-0.3, -0.25) is 5.73 Å². The molecule has 0 aromatic rings. The number of carbonyl (C=O) groups is 1. The Kier molecular flexibility index (Phi) is 10.3. The summed E-state index contributed by atoms with van der Waals surface area (Å²) in [4.78, 5) is 19.6. The molecule has 1 aliphatic heterocycles. The minimum Gasteiger partial charge on any atom is -0.336 e. The lowest BCUT2D eigenvalue weighted by Crippen LogP contribution is -2.57. The van der Waals surface area contributed by atoms with E-state index in [-0.39, 0.29) is 30.4 Å². The lowest BCUT2D eigenvalue weighted by atomic mass is 9.79. The van der Waals surface area contributed by atoms with Gasteiger partial charge in [0.15, 0.2) is 0 Å². The van der Waals surface area contributed by atoms with E-state index in [9.17, 15) is 18.0 Å². The molecule has 2 saturated carbocycles. The fraction of sp³-hybridized carbons (Fsp3) is 0.957. The van der Waals surface area contributed by atoms with Crippen LogP contribution >= 0.6 is 11.6 Å². The van der Waals surface area contributed by atoms with Gasteiger partial charge in [0.05, 0.1) is 0 Å². The zero-order valence-electron chi connectivity index (χ0n) is 20.4. The average Bonchev–Trinajstić information content (AvgIpc) is 2.83. The highest BCUT2D eigenvalue weighted by atomic mass is 35.5. The summed E-state index contributed by atoms with van der Waals surface area (Å²) in [5, 5.41) is 0.102. The monoisotopic (exact) mass is 529 g/mol. The molecule has 204 valence electrons. The summed E-state index contributed by atoms with van der Waals surface area (Å²) in [6.07, 6.45) is -5.77. The normalized spacial score (nSPS) is 32.8. The Morgan fingerprint density at radius 1 is 1.09 bits per heavy atom. The third-order valence-corrected chi connectivity index (χ3v) is 8.31. The summed E-state index contributed by atoms with van der Waals surface area (Å²) >= 11 is 6.29. The molecule has 0 aromatic carbocycles. The van der Waals surface area contributed by atoms with Gasteiger partial charge in [-0.1, -0.05) is 6.92 Å². The maximum atomic E-state index is 15.3. The van der Waals surface area contributed by atoms with Gasteiger partial charge in [-0.2, -0.15) is 13.2 Å². The van der Waals surface area contributed by atoms with Crippen molar-refractivity contribution < 1.29 is 27.1 Å². The predicted octanol–water partition coefficient (Wildman–Crippen LogP) is 3.50. The van der Waals surface area contributed by atoms with E-state index < -0.39 is 36.6 Å². The molecular weight excluding hydrogens is 490 g/mol. The Hall–Kier alpha value is -0.880. The predicted molar refractivity (Wildman–Crippen MR) is 127 cm³/mol. The highest BCUT2D eigenvalue weighted by molar-refractivity contribution is 6.20. The largest absolute Gasteiger partial charge is 0.428 e. The summed E-state index contributed by atoms with van der Waals surface area (Å²) in [5.41, 5.74) is 10.8. The number of hydrogen-bond donors (Lipinski definition) is 2. The molecule has 4 N–H and O–H groups in total. The zero-order valence-corrected chi connectivity index (χ0v) is 21.2. The number of nitrogens with zero attached hydrogens (tertiary/aromatic N) is 3. The Bertz CT molecular complexity index is 675. The van der Waals surface area contributed by atoms with Gasteiger partial charge in [0.25, 0.3) is 0 Å². The Morgan fingerprint density at radius 3 is 2.26 bits per heavy atom. The Labute approximate surface area is 210 Å². The van der Waals surface area contributed by atoms with Crippen molar-refractivity contribution in [2.45, 2.75) is 88.1 Å². The van der Waals surface area contributed by atoms with Gasteiger partial charge < -0.3 is 25.2 Å². The second kappa shape index (κ2) is 12.6. The van der Waals surface area contributed by atoms with Crippen LogP contribution < -0.4 is 11.5 Å². The van der Waals surface area contributed by atoms with Gasteiger partial charge in [-0.15, -0.1) is 11.6 Å². The van der Waals surface area contributed by atoms with E-state index in [4.69, 9.17) is 27.8 Å². The van der Waals surface area contributed by atoms with Crippen LogP contribution in [-0.4, -0.2) is 96.2 Å². The fourth-order valence-corrected chi connectivity index (χ4v) is 5.74. The Balaban J connectivity index is 1.61. The van der Waals surface area contributed by atoms with Gasteiger partial charge in [0, 0.05) is 56.0 Å². The van der Waals surface area contributed by atoms with Crippen molar-refractivity contribution in [3.05, 3.63) is 0 Å². The molecule has 0 radical (unpaired) electrons. The molecule has 5 atom stereocenters. The van der Waals surface area contributed by atoms with Crippen LogP contribution in [0.3, 0.4) is 0 Å². The summed E-state index contributed by atoms with van der Waals surface area (Å²) in [6.45, 7) is 6.25. The summed E-state index contributed by atoms with van der Waals surface area (Å²) < 4.78 is 58.1. The molecule has 1 saturated heterocycles.